The summed E-state index contributed by atoms with van der Waals surface area (Å²) in [6.07, 6.45) is 6.20. The first-order valence-corrected chi connectivity index (χ1v) is 10.6. The Morgan fingerprint density at radius 1 is 1.35 bits per heavy atom. The summed E-state index contributed by atoms with van der Waals surface area (Å²) in [5.41, 5.74) is 0. The van der Waals surface area contributed by atoms with Crippen LogP contribution in [0.25, 0.3) is 0 Å². The number of hydrogen-bond acceptors (Lipinski definition) is 6. The number of rotatable bonds is 9. The Balaban J connectivity index is 0.00000338. The number of hydrogen-bond donors (Lipinski definition) is 2. The molecule has 0 aromatic carbocycles. The fraction of sp³-hybridized carbons (Fsp3) is 0.625. The fourth-order valence-corrected chi connectivity index (χ4v) is 3.32. The molecule has 10 heteroatoms. The third-order valence-electron chi connectivity index (χ3n) is 3.74. The molecule has 2 heterocycles. The molecular formula is C16H28IN7S2. The van der Waals surface area contributed by atoms with Crippen molar-refractivity contribution in [2.24, 2.45) is 12.0 Å². The zero-order valence-electron chi connectivity index (χ0n) is 15.8. The molecular weight excluding hydrogens is 481 g/mol. The maximum atomic E-state index is 4.65. The second-order valence-electron chi connectivity index (χ2n) is 5.59. The Bertz CT molecular complexity index is 684. The molecule has 0 aliphatic rings. The van der Waals surface area contributed by atoms with Gasteiger partial charge in [-0.2, -0.15) is 11.8 Å². The van der Waals surface area contributed by atoms with E-state index in [1.54, 1.807) is 11.3 Å². The number of thiazole rings is 1. The Morgan fingerprint density at radius 3 is 2.77 bits per heavy atom. The molecule has 0 aliphatic heterocycles. The van der Waals surface area contributed by atoms with Crippen LogP contribution in [0.15, 0.2) is 11.2 Å². The van der Waals surface area contributed by atoms with Crippen LogP contribution in [-0.2, 0) is 26.6 Å². The van der Waals surface area contributed by atoms with Crippen molar-refractivity contribution in [2.75, 3.05) is 18.6 Å². The fourth-order valence-electron chi connectivity index (χ4n) is 2.09. The molecule has 2 aromatic heterocycles. The first-order valence-electron chi connectivity index (χ1n) is 8.43. The lowest BCUT2D eigenvalue weighted by Gasteiger charge is -2.11. The minimum absolute atomic E-state index is 0. The van der Waals surface area contributed by atoms with Gasteiger partial charge in [-0.15, -0.1) is 45.5 Å². The summed E-state index contributed by atoms with van der Waals surface area (Å²) >= 11 is 3.59. The minimum atomic E-state index is 0. The van der Waals surface area contributed by atoms with E-state index in [-0.39, 0.29) is 24.0 Å². The molecule has 0 radical (unpaired) electrons. The number of aliphatic imine (C=N–C) groups is 1. The summed E-state index contributed by atoms with van der Waals surface area (Å²) < 4.78 is 1.96. The second-order valence-corrected chi connectivity index (χ2v) is 7.77. The molecule has 2 N–H and O–H groups in total. The van der Waals surface area contributed by atoms with Crippen LogP contribution in [0.5, 0.6) is 0 Å². The molecule has 0 saturated heterocycles. The molecule has 0 amide bonds. The van der Waals surface area contributed by atoms with E-state index >= 15 is 0 Å². The van der Waals surface area contributed by atoms with Gasteiger partial charge in [-0.05, 0) is 31.8 Å². The van der Waals surface area contributed by atoms with Crippen LogP contribution >= 0.6 is 47.1 Å². The van der Waals surface area contributed by atoms with Gasteiger partial charge in [0.1, 0.15) is 17.4 Å². The lowest BCUT2D eigenvalue weighted by molar-refractivity contribution is 0.744. The number of guanidine groups is 1. The molecule has 0 aliphatic carbocycles. The van der Waals surface area contributed by atoms with Crippen LogP contribution in [0.4, 0.5) is 0 Å². The van der Waals surface area contributed by atoms with E-state index in [4.69, 9.17) is 0 Å². The maximum Gasteiger partial charge on any atom is 0.192 e. The van der Waals surface area contributed by atoms with Gasteiger partial charge in [0.05, 0.1) is 6.54 Å². The molecule has 0 unspecified atom stereocenters. The van der Waals surface area contributed by atoms with Crippen LogP contribution in [0.1, 0.15) is 34.9 Å². The average molecular weight is 509 g/mol. The highest BCUT2D eigenvalue weighted by atomic mass is 127. The van der Waals surface area contributed by atoms with Crippen molar-refractivity contribution in [3.05, 3.63) is 27.7 Å². The smallest absolute Gasteiger partial charge is 0.192 e. The highest BCUT2D eigenvalue weighted by molar-refractivity contribution is 14.0. The van der Waals surface area contributed by atoms with Gasteiger partial charge < -0.3 is 15.2 Å². The molecule has 0 saturated carbocycles. The van der Waals surface area contributed by atoms with E-state index in [1.807, 2.05) is 36.5 Å². The Kier molecular flexibility index (Phi) is 11.1. The van der Waals surface area contributed by atoms with Crippen molar-refractivity contribution >= 4 is 53.0 Å². The monoisotopic (exact) mass is 509 g/mol. The van der Waals surface area contributed by atoms with Crippen molar-refractivity contribution in [3.8, 4) is 0 Å². The number of nitrogens with zero attached hydrogens (tertiary/aromatic N) is 5. The molecule has 146 valence electrons. The molecule has 7 nitrogen and oxygen atoms in total. The van der Waals surface area contributed by atoms with Crippen molar-refractivity contribution in [1.29, 1.82) is 0 Å². The molecule has 0 bridgehead atoms. The van der Waals surface area contributed by atoms with Crippen LogP contribution in [0.3, 0.4) is 0 Å². The third-order valence-corrected chi connectivity index (χ3v) is 5.57. The highest BCUT2D eigenvalue weighted by Gasteiger charge is 2.06. The maximum absolute atomic E-state index is 4.65. The SMILES string of the molecule is CCc1cnc(CNC(=NCc2nnc(C)n2C)NCCCSC)s1.I. The van der Waals surface area contributed by atoms with Gasteiger partial charge in [-0.25, -0.2) is 9.98 Å². The first kappa shape index (κ1) is 23.2. The zero-order chi connectivity index (χ0) is 18.1. The van der Waals surface area contributed by atoms with Gasteiger partial charge in [0, 0.05) is 24.7 Å². The third kappa shape index (κ3) is 7.39. The first-order chi connectivity index (χ1) is 12.1. The number of halogens is 1. The van der Waals surface area contributed by atoms with Crippen LogP contribution in [-0.4, -0.2) is 44.3 Å². The van der Waals surface area contributed by atoms with Crippen LogP contribution < -0.4 is 10.6 Å². The molecule has 0 spiro atoms. The second kappa shape index (κ2) is 12.5. The van der Waals surface area contributed by atoms with Gasteiger partial charge in [-0.3, -0.25) is 0 Å². The number of thioether (sulfide) groups is 1. The van der Waals surface area contributed by atoms with E-state index in [1.165, 1.54) is 4.88 Å². The van der Waals surface area contributed by atoms with Crippen molar-refractivity contribution in [2.45, 2.75) is 39.8 Å². The Hall–Kier alpha value is -0.880. The normalized spacial score (nSPS) is 11.3. The molecule has 0 fully saturated rings. The quantitative estimate of drug-likeness (QED) is 0.234. The standard InChI is InChI=1S/C16H27N7S2.HI/c1-5-13-9-18-15(25-13)11-20-16(17-7-6-8-24-4)19-10-14-22-21-12(2)23(14)3;/h9H,5-8,10-11H2,1-4H3,(H2,17,19,20);1H. The molecule has 2 rings (SSSR count). The number of aromatic nitrogens is 4. The van der Waals surface area contributed by atoms with Crippen molar-refractivity contribution in [1.82, 2.24) is 30.4 Å². The topological polar surface area (TPSA) is 80.0 Å². The summed E-state index contributed by atoms with van der Waals surface area (Å²) in [4.78, 5) is 10.4. The van der Waals surface area contributed by atoms with Crippen LogP contribution in [0, 0.1) is 6.92 Å². The van der Waals surface area contributed by atoms with E-state index < -0.39 is 0 Å². The Morgan fingerprint density at radius 2 is 2.15 bits per heavy atom. The molecule has 26 heavy (non-hydrogen) atoms. The van der Waals surface area contributed by atoms with Crippen molar-refractivity contribution < 1.29 is 0 Å². The zero-order valence-corrected chi connectivity index (χ0v) is 19.7. The van der Waals surface area contributed by atoms with Crippen LogP contribution in [0.2, 0.25) is 0 Å². The largest absolute Gasteiger partial charge is 0.356 e. The van der Waals surface area contributed by atoms with E-state index in [2.05, 4.69) is 44.0 Å². The predicted molar refractivity (Wildman–Crippen MR) is 122 cm³/mol. The van der Waals surface area contributed by atoms with Gasteiger partial charge in [-0.1, -0.05) is 6.92 Å². The lowest BCUT2D eigenvalue weighted by Crippen LogP contribution is -2.37. The lowest BCUT2D eigenvalue weighted by atomic mass is 10.4. The number of aryl methyl sites for hydroxylation is 2. The Labute approximate surface area is 180 Å². The summed E-state index contributed by atoms with van der Waals surface area (Å²) in [5.74, 6) is 3.66. The van der Waals surface area contributed by atoms with E-state index in [0.717, 1.165) is 47.8 Å². The van der Waals surface area contributed by atoms with Gasteiger partial charge >= 0.3 is 0 Å². The summed E-state index contributed by atoms with van der Waals surface area (Å²) in [6.45, 7) is 6.15. The molecule has 2 aromatic rings. The predicted octanol–water partition coefficient (Wildman–Crippen LogP) is 2.75. The minimum Gasteiger partial charge on any atom is -0.356 e. The van der Waals surface area contributed by atoms with Gasteiger partial charge in [0.25, 0.3) is 0 Å². The van der Waals surface area contributed by atoms with Gasteiger partial charge in [0.15, 0.2) is 11.8 Å². The van der Waals surface area contributed by atoms with Gasteiger partial charge in [0.2, 0.25) is 0 Å². The summed E-state index contributed by atoms with van der Waals surface area (Å²) in [7, 11) is 1.96. The number of nitrogens with one attached hydrogen (secondary N) is 2. The molecule has 0 atom stereocenters. The van der Waals surface area contributed by atoms with E-state index in [0.29, 0.717) is 13.1 Å². The summed E-state index contributed by atoms with van der Waals surface area (Å²) in [5, 5.41) is 16.1. The highest BCUT2D eigenvalue weighted by Crippen LogP contribution is 2.12. The average Bonchev–Trinajstić information content (AvgIpc) is 3.21. The van der Waals surface area contributed by atoms with Crippen molar-refractivity contribution in [3.63, 3.8) is 0 Å². The summed E-state index contributed by atoms with van der Waals surface area (Å²) in [6, 6.07) is 0. The van der Waals surface area contributed by atoms with E-state index in [9.17, 15) is 0 Å².